The monoisotopic (exact) mass is 187 g/mol. The summed E-state index contributed by atoms with van der Waals surface area (Å²) < 4.78 is 4.68. The molecule has 4 nitrogen and oxygen atoms in total. The molecular weight excluding hydrogens is 170 g/mol. The molecule has 1 aliphatic rings. The van der Waals surface area contributed by atoms with Crippen LogP contribution < -0.4 is 0 Å². The van der Waals surface area contributed by atoms with Gasteiger partial charge in [-0.2, -0.15) is 0 Å². The summed E-state index contributed by atoms with van der Waals surface area (Å²) in [4.78, 5) is 13.2. The van der Waals surface area contributed by atoms with Crippen LogP contribution in [0.5, 0.6) is 0 Å². The van der Waals surface area contributed by atoms with E-state index in [4.69, 9.17) is 5.11 Å². The molecule has 1 aliphatic heterocycles. The topological polar surface area (TPSA) is 49.8 Å². The molecule has 0 aromatic rings. The van der Waals surface area contributed by atoms with Crippen molar-refractivity contribution in [2.45, 2.75) is 18.9 Å². The van der Waals surface area contributed by atoms with Gasteiger partial charge in [0.05, 0.1) is 19.6 Å². The normalized spacial score (nSPS) is 30.1. The summed E-state index contributed by atoms with van der Waals surface area (Å²) in [5, 5.41) is 8.99. The molecule has 0 aliphatic carbocycles. The van der Waals surface area contributed by atoms with Crippen molar-refractivity contribution in [3.8, 4) is 0 Å². The van der Waals surface area contributed by atoms with Crippen LogP contribution in [0.4, 0.5) is 0 Å². The van der Waals surface area contributed by atoms with Gasteiger partial charge in [-0.25, -0.2) is 0 Å². The van der Waals surface area contributed by atoms with Gasteiger partial charge in [-0.3, -0.25) is 4.79 Å². The van der Waals surface area contributed by atoms with E-state index in [9.17, 15) is 4.79 Å². The molecule has 13 heavy (non-hydrogen) atoms. The predicted octanol–water partition coefficient (Wildman–Crippen LogP) is -0.138. The molecule has 0 saturated carbocycles. The Morgan fingerprint density at radius 1 is 1.62 bits per heavy atom. The Labute approximate surface area is 78.5 Å². The van der Waals surface area contributed by atoms with E-state index in [-0.39, 0.29) is 24.5 Å². The maximum absolute atomic E-state index is 11.2. The summed E-state index contributed by atoms with van der Waals surface area (Å²) >= 11 is 0. The number of carbonyl (C=O) groups excluding carboxylic acids is 1. The van der Waals surface area contributed by atoms with Gasteiger partial charge in [-0.15, -0.1) is 0 Å². The number of aliphatic hydroxyl groups is 1. The van der Waals surface area contributed by atoms with Crippen molar-refractivity contribution in [3.63, 3.8) is 0 Å². The van der Waals surface area contributed by atoms with E-state index in [2.05, 4.69) is 4.74 Å². The van der Waals surface area contributed by atoms with Crippen molar-refractivity contribution in [2.24, 2.45) is 5.92 Å². The summed E-state index contributed by atoms with van der Waals surface area (Å²) in [5.41, 5.74) is 0. The molecule has 1 fully saturated rings. The lowest BCUT2D eigenvalue weighted by molar-refractivity contribution is -0.147. The number of carbonyl (C=O) groups is 1. The van der Waals surface area contributed by atoms with Crippen LogP contribution in [0.15, 0.2) is 0 Å². The smallest absolute Gasteiger partial charge is 0.309 e. The van der Waals surface area contributed by atoms with Crippen LogP contribution in [0.25, 0.3) is 0 Å². The molecule has 0 bridgehead atoms. The largest absolute Gasteiger partial charge is 0.469 e. The number of hydrogen-bond donors (Lipinski definition) is 1. The third-order valence-electron chi connectivity index (χ3n) is 2.73. The van der Waals surface area contributed by atoms with Gasteiger partial charge in [0.25, 0.3) is 0 Å². The van der Waals surface area contributed by atoms with Crippen LogP contribution in [-0.2, 0) is 9.53 Å². The fourth-order valence-electron chi connectivity index (χ4n) is 1.79. The lowest BCUT2D eigenvalue weighted by atomic mass is 9.94. The minimum atomic E-state index is -0.136. The highest BCUT2D eigenvalue weighted by molar-refractivity contribution is 5.72. The fraction of sp³-hybridized carbons (Fsp3) is 0.889. The number of hydrogen-bond acceptors (Lipinski definition) is 4. The van der Waals surface area contributed by atoms with Gasteiger partial charge < -0.3 is 14.7 Å². The highest BCUT2D eigenvalue weighted by Gasteiger charge is 2.29. The predicted molar refractivity (Wildman–Crippen MR) is 48.2 cm³/mol. The SMILES string of the molecule is COC(=O)C1CCC(CO)N(C)C1. The first-order valence-electron chi connectivity index (χ1n) is 4.58. The molecule has 0 amide bonds. The number of methoxy groups -OCH3 is 1. The lowest BCUT2D eigenvalue weighted by Gasteiger charge is -2.34. The number of aliphatic hydroxyl groups excluding tert-OH is 1. The quantitative estimate of drug-likeness (QED) is 0.611. The molecule has 1 saturated heterocycles. The molecule has 0 aromatic carbocycles. The van der Waals surface area contributed by atoms with Crippen molar-refractivity contribution in [1.29, 1.82) is 0 Å². The first-order valence-corrected chi connectivity index (χ1v) is 4.58. The third-order valence-corrected chi connectivity index (χ3v) is 2.73. The van der Waals surface area contributed by atoms with E-state index in [1.54, 1.807) is 0 Å². The highest BCUT2D eigenvalue weighted by atomic mass is 16.5. The van der Waals surface area contributed by atoms with Crippen LogP contribution in [0.1, 0.15) is 12.8 Å². The Bertz CT molecular complexity index is 184. The number of ether oxygens (including phenoxy) is 1. The van der Waals surface area contributed by atoms with Gasteiger partial charge in [0.1, 0.15) is 0 Å². The van der Waals surface area contributed by atoms with Crippen molar-refractivity contribution < 1.29 is 14.6 Å². The second-order valence-electron chi connectivity index (χ2n) is 3.57. The average Bonchev–Trinajstić information content (AvgIpc) is 2.16. The zero-order valence-corrected chi connectivity index (χ0v) is 8.19. The Kier molecular flexibility index (Phi) is 3.69. The van der Waals surface area contributed by atoms with Gasteiger partial charge in [-0.05, 0) is 19.9 Å². The van der Waals surface area contributed by atoms with E-state index in [0.29, 0.717) is 6.54 Å². The number of rotatable bonds is 2. The number of likely N-dealkylation sites (N-methyl/N-ethyl adjacent to an activating group) is 1. The van der Waals surface area contributed by atoms with E-state index in [1.807, 2.05) is 11.9 Å². The lowest BCUT2D eigenvalue weighted by Crippen LogP contribution is -2.45. The molecule has 2 unspecified atom stereocenters. The van der Waals surface area contributed by atoms with E-state index < -0.39 is 0 Å². The molecule has 1 heterocycles. The minimum absolute atomic E-state index is 0.0159. The minimum Gasteiger partial charge on any atom is -0.469 e. The molecule has 0 radical (unpaired) electrons. The maximum atomic E-state index is 11.2. The Morgan fingerprint density at radius 2 is 2.31 bits per heavy atom. The summed E-state index contributed by atoms with van der Waals surface area (Å²) in [7, 11) is 3.34. The number of likely N-dealkylation sites (tertiary alicyclic amines) is 1. The Morgan fingerprint density at radius 3 is 2.77 bits per heavy atom. The molecule has 1 rings (SSSR count). The molecule has 0 aromatic heterocycles. The second-order valence-corrected chi connectivity index (χ2v) is 3.57. The van der Waals surface area contributed by atoms with Gasteiger partial charge in [0, 0.05) is 12.6 Å². The summed E-state index contributed by atoms with van der Waals surface area (Å²) in [6.07, 6.45) is 1.69. The number of nitrogens with zero attached hydrogens (tertiary/aromatic N) is 1. The second kappa shape index (κ2) is 4.58. The Balaban J connectivity index is 2.45. The molecule has 0 spiro atoms. The van der Waals surface area contributed by atoms with Crippen LogP contribution in [0, 0.1) is 5.92 Å². The van der Waals surface area contributed by atoms with Crippen molar-refractivity contribution in [1.82, 2.24) is 4.90 Å². The van der Waals surface area contributed by atoms with Crippen LogP contribution in [-0.4, -0.2) is 49.3 Å². The van der Waals surface area contributed by atoms with E-state index in [0.717, 1.165) is 12.8 Å². The maximum Gasteiger partial charge on any atom is 0.309 e. The van der Waals surface area contributed by atoms with Crippen LogP contribution in [0.2, 0.25) is 0 Å². The third kappa shape index (κ3) is 2.42. The van der Waals surface area contributed by atoms with Gasteiger partial charge in [0.15, 0.2) is 0 Å². The van der Waals surface area contributed by atoms with E-state index in [1.165, 1.54) is 7.11 Å². The van der Waals surface area contributed by atoms with Crippen molar-refractivity contribution >= 4 is 5.97 Å². The summed E-state index contributed by atoms with van der Waals surface area (Å²) in [6, 6.07) is 0.209. The zero-order chi connectivity index (χ0) is 9.84. The van der Waals surface area contributed by atoms with Crippen molar-refractivity contribution in [2.75, 3.05) is 27.3 Å². The van der Waals surface area contributed by atoms with Crippen molar-refractivity contribution in [3.05, 3.63) is 0 Å². The summed E-state index contributed by atoms with van der Waals surface area (Å²) in [6.45, 7) is 0.863. The van der Waals surface area contributed by atoms with Gasteiger partial charge >= 0.3 is 5.97 Å². The first-order chi connectivity index (χ1) is 6.19. The molecule has 76 valence electrons. The van der Waals surface area contributed by atoms with Crippen LogP contribution >= 0.6 is 0 Å². The van der Waals surface area contributed by atoms with Gasteiger partial charge in [-0.1, -0.05) is 0 Å². The standard InChI is InChI=1S/C9H17NO3/c1-10-5-7(9(12)13-2)3-4-8(10)6-11/h7-8,11H,3-6H2,1-2H3. The van der Waals surface area contributed by atoms with Gasteiger partial charge in [0.2, 0.25) is 0 Å². The Hall–Kier alpha value is -0.610. The molecular formula is C9H17NO3. The first kappa shape index (κ1) is 10.5. The summed E-state index contributed by atoms with van der Waals surface area (Å²) in [5.74, 6) is -0.152. The zero-order valence-electron chi connectivity index (χ0n) is 8.19. The van der Waals surface area contributed by atoms with Crippen LogP contribution in [0.3, 0.4) is 0 Å². The molecule has 4 heteroatoms. The number of piperidine rings is 1. The number of esters is 1. The van der Waals surface area contributed by atoms with E-state index >= 15 is 0 Å². The average molecular weight is 187 g/mol. The highest BCUT2D eigenvalue weighted by Crippen LogP contribution is 2.21. The molecule has 1 N–H and O–H groups in total. The molecule has 2 atom stereocenters. The fourth-order valence-corrected chi connectivity index (χ4v) is 1.79.